The normalized spacial score (nSPS) is 24.3. The molecule has 0 bridgehead atoms. The third kappa shape index (κ3) is 2.23. The van der Waals surface area contributed by atoms with Gasteiger partial charge in [-0.1, -0.05) is 18.6 Å². The number of piperazine rings is 1. The van der Waals surface area contributed by atoms with E-state index in [0.29, 0.717) is 0 Å². The summed E-state index contributed by atoms with van der Waals surface area (Å²) in [6, 6.07) is 7.77. The monoisotopic (exact) mass is 271 g/mol. The Morgan fingerprint density at radius 2 is 1.90 bits per heavy atom. The molecule has 0 spiro atoms. The molecule has 1 aliphatic carbocycles. The molecule has 2 aliphatic heterocycles. The molecule has 20 heavy (non-hydrogen) atoms. The topological polar surface area (TPSA) is 18.5 Å². The highest BCUT2D eigenvalue weighted by molar-refractivity contribution is 5.58. The van der Waals surface area contributed by atoms with Gasteiger partial charge in [-0.05, 0) is 43.0 Å². The molecular weight excluding hydrogens is 246 g/mol. The molecule has 0 unspecified atom stereocenters. The fourth-order valence-electron chi connectivity index (χ4n) is 3.89. The zero-order chi connectivity index (χ0) is 13.4. The Morgan fingerprint density at radius 1 is 1.05 bits per heavy atom. The quantitative estimate of drug-likeness (QED) is 0.887. The van der Waals surface area contributed by atoms with Crippen molar-refractivity contribution in [1.82, 2.24) is 10.2 Å². The predicted molar refractivity (Wildman–Crippen MR) is 83.3 cm³/mol. The van der Waals surface area contributed by atoms with E-state index in [0.717, 1.165) is 19.1 Å². The average molecular weight is 271 g/mol. The SMILES string of the molecule is c1cc2c(c(N3CCN(C4CCC4)CC3)c1)CCNC2. The van der Waals surface area contributed by atoms with Gasteiger partial charge < -0.3 is 10.2 Å². The molecule has 4 rings (SSSR count). The Labute approximate surface area is 121 Å². The lowest BCUT2D eigenvalue weighted by Gasteiger charge is -2.44. The molecule has 2 fully saturated rings. The van der Waals surface area contributed by atoms with Crippen molar-refractivity contribution in [1.29, 1.82) is 0 Å². The van der Waals surface area contributed by atoms with Crippen LogP contribution in [0.3, 0.4) is 0 Å². The van der Waals surface area contributed by atoms with Gasteiger partial charge in [0.1, 0.15) is 0 Å². The first kappa shape index (κ1) is 12.7. The molecule has 108 valence electrons. The van der Waals surface area contributed by atoms with Gasteiger partial charge in [-0.2, -0.15) is 0 Å². The van der Waals surface area contributed by atoms with Crippen molar-refractivity contribution in [2.75, 3.05) is 37.6 Å². The molecule has 1 saturated carbocycles. The fraction of sp³-hybridized carbons (Fsp3) is 0.647. The van der Waals surface area contributed by atoms with E-state index in [4.69, 9.17) is 0 Å². The molecule has 0 aromatic heterocycles. The number of anilines is 1. The molecule has 1 N–H and O–H groups in total. The standard InChI is InChI=1S/C17H25N3/c1-3-14-13-18-8-7-16(14)17(6-1)20-11-9-19(10-12-20)15-4-2-5-15/h1,3,6,15,18H,2,4-5,7-13H2. The van der Waals surface area contributed by atoms with Gasteiger partial charge in [-0.3, -0.25) is 4.90 Å². The Balaban J connectivity index is 1.48. The molecule has 0 radical (unpaired) electrons. The van der Waals surface area contributed by atoms with E-state index < -0.39 is 0 Å². The number of benzene rings is 1. The van der Waals surface area contributed by atoms with Gasteiger partial charge in [-0.15, -0.1) is 0 Å². The highest BCUT2D eigenvalue weighted by atomic mass is 15.3. The van der Waals surface area contributed by atoms with Crippen LogP contribution in [0.1, 0.15) is 30.4 Å². The highest BCUT2D eigenvalue weighted by Crippen LogP contribution is 2.30. The molecule has 3 nitrogen and oxygen atoms in total. The summed E-state index contributed by atoms with van der Waals surface area (Å²) in [5, 5.41) is 3.48. The van der Waals surface area contributed by atoms with Gasteiger partial charge in [-0.25, -0.2) is 0 Å². The molecule has 0 atom stereocenters. The van der Waals surface area contributed by atoms with Gasteiger partial charge in [0, 0.05) is 44.5 Å². The first-order valence-electron chi connectivity index (χ1n) is 8.22. The molecule has 0 amide bonds. The van der Waals surface area contributed by atoms with E-state index in [-0.39, 0.29) is 0 Å². The Bertz CT molecular complexity index is 473. The van der Waals surface area contributed by atoms with E-state index in [9.17, 15) is 0 Å². The minimum absolute atomic E-state index is 0.908. The van der Waals surface area contributed by atoms with Crippen LogP contribution in [0.2, 0.25) is 0 Å². The first-order chi connectivity index (χ1) is 9.92. The summed E-state index contributed by atoms with van der Waals surface area (Å²) in [5.74, 6) is 0. The third-order valence-electron chi connectivity index (χ3n) is 5.36. The zero-order valence-electron chi connectivity index (χ0n) is 12.3. The summed E-state index contributed by atoms with van der Waals surface area (Å²) < 4.78 is 0. The lowest BCUT2D eigenvalue weighted by molar-refractivity contribution is 0.120. The van der Waals surface area contributed by atoms with Gasteiger partial charge in [0.15, 0.2) is 0 Å². The Kier molecular flexibility index (Phi) is 3.41. The van der Waals surface area contributed by atoms with Crippen LogP contribution in [-0.2, 0) is 13.0 Å². The second-order valence-corrected chi connectivity index (χ2v) is 6.45. The maximum Gasteiger partial charge on any atom is 0.0403 e. The van der Waals surface area contributed by atoms with Crippen molar-refractivity contribution in [3.8, 4) is 0 Å². The van der Waals surface area contributed by atoms with Crippen LogP contribution in [0.15, 0.2) is 18.2 Å². The van der Waals surface area contributed by atoms with E-state index >= 15 is 0 Å². The first-order valence-corrected chi connectivity index (χ1v) is 8.22. The summed E-state index contributed by atoms with van der Waals surface area (Å²) in [6.45, 7) is 7.11. The van der Waals surface area contributed by atoms with Crippen LogP contribution in [-0.4, -0.2) is 43.7 Å². The number of nitrogens with zero attached hydrogens (tertiary/aromatic N) is 2. The second kappa shape index (κ2) is 5.38. The van der Waals surface area contributed by atoms with Gasteiger partial charge in [0.25, 0.3) is 0 Å². The lowest BCUT2D eigenvalue weighted by atomic mass is 9.91. The average Bonchev–Trinajstić information content (AvgIpc) is 2.46. The fourth-order valence-corrected chi connectivity index (χ4v) is 3.89. The van der Waals surface area contributed by atoms with E-state index in [1.165, 1.54) is 63.1 Å². The minimum Gasteiger partial charge on any atom is -0.369 e. The smallest absolute Gasteiger partial charge is 0.0403 e. The van der Waals surface area contributed by atoms with Crippen LogP contribution >= 0.6 is 0 Å². The molecule has 2 heterocycles. The number of fused-ring (bicyclic) bond motifs is 1. The maximum atomic E-state index is 3.48. The second-order valence-electron chi connectivity index (χ2n) is 6.45. The van der Waals surface area contributed by atoms with Crippen molar-refractivity contribution in [2.45, 2.75) is 38.3 Å². The van der Waals surface area contributed by atoms with Crippen molar-refractivity contribution in [3.63, 3.8) is 0 Å². The molecule has 1 aromatic rings. The molecule has 3 aliphatic rings. The van der Waals surface area contributed by atoms with E-state index in [2.05, 4.69) is 33.3 Å². The van der Waals surface area contributed by atoms with Gasteiger partial charge in [0.05, 0.1) is 0 Å². The Hall–Kier alpha value is -1.06. The highest BCUT2D eigenvalue weighted by Gasteiger charge is 2.28. The summed E-state index contributed by atoms with van der Waals surface area (Å²) in [4.78, 5) is 5.34. The largest absolute Gasteiger partial charge is 0.369 e. The summed E-state index contributed by atoms with van der Waals surface area (Å²) in [7, 11) is 0. The Morgan fingerprint density at radius 3 is 2.65 bits per heavy atom. The van der Waals surface area contributed by atoms with Crippen molar-refractivity contribution in [2.24, 2.45) is 0 Å². The molecule has 1 aromatic carbocycles. The van der Waals surface area contributed by atoms with E-state index in [1.807, 2.05) is 0 Å². The summed E-state index contributed by atoms with van der Waals surface area (Å²) >= 11 is 0. The van der Waals surface area contributed by atoms with Crippen LogP contribution in [0.25, 0.3) is 0 Å². The third-order valence-corrected chi connectivity index (χ3v) is 5.36. The molecular formula is C17H25N3. The van der Waals surface area contributed by atoms with Crippen LogP contribution in [0, 0.1) is 0 Å². The number of hydrogen-bond donors (Lipinski definition) is 1. The summed E-state index contributed by atoms with van der Waals surface area (Å²) in [5.41, 5.74) is 4.62. The molecule has 3 heteroatoms. The summed E-state index contributed by atoms with van der Waals surface area (Å²) in [6.07, 6.45) is 5.51. The maximum absolute atomic E-state index is 3.48. The molecule has 1 saturated heterocycles. The predicted octanol–water partition coefficient (Wildman–Crippen LogP) is 2.01. The van der Waals surface area contributed by atoms with Gasteiger partial charge >= 0.3 is 0 Å². The van der Waals surface area contributed by atoms with Gasteiger partial charge in [0.2, 0.25) is 0 Å². The number of nitrogens with one attached hydrogen (secondary N) is 1. The zero-order valence-corrected chi connectivity index (χ0v) is 12.3. The van der Waals surface area contributed by atoms with Crippen LogP contribution in [0.5, 0.6) is 0 Å². The van der Waals surface area contributed by atoms with Crippen molar-refractivity contribution in [3.05, 3.63) is 29.3 Å². The van der Waals surface area contributed by atoms with Crippen LogP contribution in [0.4, 0.5) is 5.69 Å². The van der Waals surface area contributed by atoms with Crippen molar-refractivity contribution < 1.29 is 0 Å². The minimum atomic E-state index is 0.908. The lowest BCUT2D eigenvalue weighted by Crippen LogP contribution is -2.52. The number of hydrogen-bond acceptors (Lipinski definition) is 3. The van der Waals surface area contributed by atoms with E-state index in [1.54, 1.807) is 5.56 Å². The van der Waals surface area contributed by atoms with Crippen LogP contribution < -0.4 is 10.2 Å². The van der Waals surface area contributed by atoms with Crippen molar-refractivity contribution >= 4 is 5.69 Å². The number of rotatable bonds is 2.